The number of phosphoric ester groups is 2. The zero-order valence-corrected chi connectivity index (χ0v) is 32.7. The second kappa shape index (κ2) is 16.5. The zero-order valence-electron chi connectivity index (χ0n) is 29.2. The molecule has 0 spiro atoms. The second-order valence-electron chi connectivity index (χ2n) is 12.7. The van der Waals surface area contributed by atoms with Crippen LogP contribution in [0.3, 0.4) is 0 Å². The maximum absolute atomic E-state index is 12.8. The fourth-order valence-electron chi connectivity index (χ4n) is 5.99. The largest absolute Gasteiger partial charge is 0.472 e. The van der Waals surface area contributed by atoms with Crippen LogP contribution in [0.25, 0.3) is 16.9 Å². The second-order valence-corrected chi connectivity index (χ2v) is 18.2. The first-order valence-electron chi connectivity index (χ1n) is 16.2. The monoisotopic (exact) mass is 892 g/mol. The van der Waals surface area contributed by atoms with Crippen LogP contribution in [0.5, 0.6) is 0 Å². The summed E-state index contributed by atoms with van der Waals surface area (Å²) in [5.74, 6) is -0.0603. The molecule has 5 unspecified atom stereocenters. The number of hydrogen-bond acceptors (Lipinski definition) is 20. The molecular formula is C25H39N10O18P3S+2. The van der Waals surface area contributed by atoms with Crippen molar-refractivity contribution in [2.45, 2.75) is 55.2 Å². The number of rotatable bonds is 16. The minimum atomic E-state index is -5.13. The van der Waals surface area contributed by atoms with Gasteiger partial charge >= 0.3 is 33.8 Å². The van der Waals surface area contributed by atoms with Crippen LogP contribution in [0.1, 0.15) is 18.1 Å². The number of nitrogen functional groups attached to an aromatic ring is 1. The zero-order chi connectivity index (χ0) is 41.8. The van der Waals surface area contributed by atoms with E-state index in [1.54, 1.807) is 0 Å². The van der Waals surface area contributed by atoms with Crippen molar-refractivity contribution < 1.29 is 90.4 Å². The Balaban J connectivity index is 1.02. The summed E-state index contributed by atoms with van der Waals surface area (Å²) in [6.07, 6.45) is -11.2. The van der Waals surface area contributed by atoms with Crippen LogP contribution >= 0.6 is 22.4 Å². The Morgan fingerprint density at radius 3 is 2.04 bits per heavy atom. The maximum Gasteiger partial charge on any atom is 0.472 e. The Morgan fingerprint density at radius 1 is 0.947 bits per heavy atom. The van der Waals surface area contributed by atoms with E-state index in [0.29, 0.717) is 11.4 Å². The van der Waals surface area contributed by atoms with Crippen molar-refractivity contribution in [2.75, 3.05) is 32.2 Å². The third kappa shape index (κ3) is 9.69. The van der Waals surface area contributed by atoms with E-state index in [0.717, 1.165) is 0 Å². The van der Waals surface area contributed by atoms with Gasteiger partial charge in [-0.05, 0) is 11.8 Å². The van der Waals surface area contributed by atoms with Crippen molar-refractivity contribution >= 4 is 68.8 Å². The molecule has 2 fully saturated rings. The molecule has 3 aliphatic rings. The van der Waals surface area contributed by atoms with Crippen molar-refractivity contribution in [2.24, 2.45) is 17.8 Å². The summed E-state index contributed by atoms with van der Waals surface area (Å²) in [5.41, 5.74) is 11.6. The third-order valence-corrected chi connectivity index (χ3v) is 11.3. The fraction of sp³-hybridized carbons (Fsp3) is 0.560. The smallest absolute Gasteiger partial charge is 0.387 e. The van der Waals surface area contributed by atoms with Crippen molar-refractivity contribution in [3.63, 3.8) is 0 Å². The minimum Gasteiger partial charge on any atom is -0.387 e. The lowest BCUT2D eigenvalue weighted by molar-refractivity contribution is -0.753. The highest BCUT2D eigenvalue weighted by Gasteiger charge is 2.50. The molecule has 28 nitrogen and oxygen atoms in total. The van der Waals surface area contributed by atoms with E-state index in [1.807, 2.05) is 0 Å². The average Bonchev–Trinajstić information content (AvgIpc) is 3.83. The molecule has 6 rings (SSSR count). The van der Waals surface area contributed by atoms with E-state index in [9.17, 15) is 53.9 Å². The van der Waals surface area contributed by atoms with Crippen LogP contribution in [-0.2, 0) is 60.1 Å². The quantitative estimate of drug-likeness (QED) is 0.0473. The predicted molar refractivity (Wildman–Crippen MR) is 189 cm³/mol. The van der Waals surface area contributed by atoms with Gasteiger partial charge in [0.25, 0.3) is 17.5 Å². The SMILES string of the molecule is C=C1NC(N)=Nc2c1[nH]c[n+]2[C@@H]1OC(COP(=O)(O)OCC(COP(=O)(O)OC[C@H]2OC([n+]3cn(C)c4c(=O)[nH]c(N)nc43)[C@H](O)[C@@H]2O)OP(O)(O)=S)[C@@H](O)[C@H]1O. The van der Waals surface area contributed by atoms with Crippen LogP contribution in [-0.4, -0.2) is 135 Å². The molecule has 11 atom stereocenters. The predicted octanol–water partition coefficient (Wildman–Crippen LogP) is -4.93. The molecular weight excluding hydrogens is 853 g/mol. The summed E-state index contributed by atoms with van der Waals surface area (Å²) in [4.78, 5) is 65.8. The van der Waals surface area contributed by atoms with Crippen LogP contribution in [0.2, 0.25) is 0 Å². The summed E-state index contributed by atoms with van der Waals surface area (Å²) in [7, 11) is -8.74. The van der Waals surface area contributed by atoms with Gasteiger partial charge in [-0.3, -0.25) is 37.4 Å². The molecule has 2 saturated heterocycles. The average molecular weight is 893 g/mol. The van der Waals surface area contributed by atoms with Gasteiger partial charge in [-0.2, -0.15) is 0 Å². The summed E-state index contributed by atoms with van der Waals surface area (Å²) in [5, 5.41) is 45.3. The molecule has 0 amide bonds. The summed E-state index contributed by atoms with van der Waals surface area (Å²) < 4.78 is 65.0. The van der Waals surface area contributed by atoms with Gasteiger partial charge in [0, 0.05) is 0 Å². The number of fused-ring (bicyclic) bond motifs is 2. The Hall–Kier alpha value is -3.12. The molecule has 3 aromatic rings. The van der Waals surface area contributed by atoms with E-state index in [1.165, 1.54) is 33.4 Å². The van der Waals surface area contributed by atoms with Gasteiger partial charge in [-0.15, -0.1) is 0 Å². The molecule has 15 N–H and O–H groups in total. The van der Waals surface area contributed by atoms with Gasteiger partial charge in [0.1, 0.15) is 42.7 Å². The van der Waals surface area contributed by atoms with E-state index in [2.05, 4.69) is 43.6 Å². The Bertz CT molecular complexity index is 2250. The molecule has 0 bridgehead atoms. The first kappa shape index (κ1) is 43.5. The summed E-state index contributed by atoms with van der Waals surface area (Å²) in [6, 6.07) is 0. The number of nitrogens with one attached hydrogen (secondary N) is 3. The number of aromatic nitrogens is 6. The minimum absolute atomic E-state index is 0.0112. The van der Waals surface area contributed by atoms with Crippen molar-refractivity contribution in [3.05, 3.63) is 35.3 Å². The Kier molecular flexibility index (Phi) is 12.6. The first-order chi connectivity index (χ1) is 26.5. The summed E-state index contributed by atoms with van der Waals surface area (Å²) >= 11 is 4.43. The number of H-pyrrole nitrogens is 2. The van der Waals surface area contributed by atoms with E-state index < -0.39 is 110 Å². The number of imidazole rings is 2. The first-order valence-corrected chi connectivity index (χ1v) is 21.9. The number of nitrogens with two attached hydrogens (primary N) is 2. The third-order valence-electron chi connectivity index (χ3n) is 8.57. The van der Waals surface area contributed by atoms with Gasteiger partial charge in [0.05, 0.1) is 39.2 Å². The van der Waals surface area contributed by atoms with Gasteiger partial charge in [0.2, 0.25) is 18.0 Å². The molecule has 6 heterocycles. The van der Waals surface area contributed by atoms with Crippen LogP contribution in [0, 0.1) is 0 Å². The molecule has 0 aliphatic carbocycles. The molecule has 0 radical (unpaired) electrons. The molecule has 0 saturated carbocycles. The highest BCUT2D eigenvalue weighted by molar-refractivity contribution is 8.06. The highest BCUT2D eigenvalue weighted by Crippen LogP contribution is 2.48. The highest BCUT2D eigenvalue weighted by atomic mass is 32.5. The number of hydrogen-bond donors (Lipinski definition) is 13. The number of ether oxygens (including phenoxy) is 2. The Morgan fingerprint density at radius 2 is 1.49 bits per heavy atom. The number of aliphatic hydroxyl groups excluding tert-OH is 4. The number of nitrogens with zero attached hydrogens (tertiary/aromatic N) is 5. The number of aliphatic hydroxyl groups is 4. The number of aliphatic imine (C=N–C) groups is 1. The van der Waals surface area contributed by atoms with Crippen LogP contribution in [0.15, 0.2) is 29.0 Å². The standard InChI is InChI=1S/C25H37N10O18P3S/c1-9-13-19(30-24(26)29-9)34(7-28-13)22-17(38)15(36)11(51-22)5-49-54(41,42)47-3-10(53-56(45,46)57)4-48-55(43,44)50-6-12-16(37)18(39)23(52-12)35-8-33(2)14-20(35)31-25(27)32-21(14)40/h7-8,10-12,15-18,22-23,36-39H,1,3-6H2,2H3,(H9-,26,27,29,30,31,32,40,41,42,43,44,45,46,57)/p+2/t10?,11?,12-,15-,16-,17-,18-,22-,23?/m1/s1. The molecule has 57 heavy (non-hydrogen) atoms. The number of phosphoric acid groups is 2. The summed E-state index contributed by atoms with van der Waals surface area (Å²) in [6.45, 7) is -4.62. The molecule has 3 aliphatic heterocycles. The fourth-order valence-corrected chi connectivity index (χ4v) is 8.40. The van der Waals surface area contributed by atoms with E-state index in [-0.39, 0.29) is 28.9 Å². The number of anilines is 1. The van der Waals surface area contributed by atoms with Gasteiger partial charge in [-0.1, -0.05) is 16.6 Å². The van der Waals surface area contributed by atoms with Gasteiger partial charge in [-0.25, -0.2) is 18.3 Å². The van der Waals surface area contributed by atoms with Crippen LogP contribution < -0.4 is 31.5 Å². The normalized spacial score (nSPS) is 29.1. The molecule has 0 aromatic carbocycles. The topological polar surface area (TPSA) is 411 Å². The lowest BCUT2D eigenvalue weighted by Gasteiger charge is -2.23. The number of guanidine groups is 1. The lowest BCUT2D eigenvalue weighted by atomic mass is 10.1. The van der Waals surface area contributed by atoms with E-state index >= 15 is 0 Å². The van der Waals surface area contributed by atoms with Crippen molar-refractivity contribution in [1.82, 2.24) is 24.8 Å². The van der Waals surface area contributed by atoms with Crippen molar-refractivity contribution in [3.8, 4) is 0 Å². The van der Waals surface area contributed by atoms with Gasteiger partial charge in [0.15, 0.2) is 18.3 Å². The van der Waals surface area contributed by atoms with E-state index in [4.69, 9.17) is 43.6 Å². The lowest BCUT2D eigenvalue weighted by Crippen LogP contribution is -2.46. The maximum atomic E-state index is 12.8. The molecule has 316 valence electrons. The number of aromatic amines is 2. The van der Waals surface area contributed by atoms with Gasteiger partial charge < -0.3 is 70.8 Å². The number of aryl methyl sites for hydroxylation is 1. The molecule has 3 aromatic heterocycles. The van der Waals surface area contributed by atoms with Crippen molar-refractivity contribution in [1.29, 1.82) is 0 Å². The molecule has 32 heteroatoms. The Labute approximate surface area is 324 Å². The van der Waals surface area contributed by atoms with Crippen LogP contribution in [0.4, 0.5) is 11.8 Å².